The Morgan fingerprint density at radius 2 is 1.94 bits per heavy atom. The predicted octanol–water partition coefficient (Wildman–Crippen LogP) is -0.677. The molecule has 0 aliphatic rings. The second-order valence-corrected chi connectivity index (χ2v) is 4.38. The quantitative estimate of drug-likeness (QED) is 0.440. The first-order valence-electron chi connectivity index (χ1n) is 4.31. The average Bonchev–Trinajstić information content (AvgIpc) is 2.49. The van der Waals surface area contributed by atoms with E-state index in [4.69, 9.17) is 18.7 Å². The molecule has 0 amide bonds. The molecule has 0 aliphatic heterocycles. The van der Waals surface area contributed by atoms with Gasteiger partial charge in [-0.05, 0) is 0 Å². The highest BCUT2D eigenvalue weighted by Crippen LogP contribution is 2.20. The fraction of sp³-hybridized carbons (Fsp3) is 0.571. The SMILES string of the molecule is C[n+]1ccn(CCN)c1.O=S(=O)([O-])C(F)(F)F. The average molecular weight is 275 g/mol. The summed E-state index contributed by atoms with van der Waals surface area (Å²) in [4.78, 5) is 0. The largest absolute Gasteiger partial charge is 0.741 e. The molecule has 0 atom stereocenters. The Bertz CT molecular complexity index is 441. The number of alkyl halides is 3. The van der Waals surface area contributed by atoms with Crippen molar-refractivity contribution in [2.24, 2.45) is 12.8 Å². The minimum atomic E-state index is -6.09. The van der Waals surface area contributed by atoms with E-state index in [1.807, 2.05) is 30.3 Å². The van der Waals surface area contributed by atoms with Gasteiger partial charge in [0, 0.05) is 6.54 Å². The molecule has 1 rings (SSSR count). The zero-order valence-electron chi connectivity index (χ0n) is 8.88. The number of hydrogen-bond donors (Lipinski definition) is 1. The van der Waals surface area contributed by atoms with Crippen LogP contribution >= 0.6 is 0 Å². The molecule has 1 aromatic rings. The highest BCUT2D eigenvalue weighted by atomic mass is 32.2. The molecule has 0 unspecified atom stereocenters. The van der Waals surface area contributed by atoms with Gasteiger partial charge in [0.15, 0.2) is 10.1 Å². The van der Waals surface area contributed by atoms with Gasteiger partial charge in [0.2, 0.25) is 6.33 Å². The Morgan fingerprint density at radius 1 is 1.47 bits per heavy atom. The zero-order valence-corrected chi connectivity index (χ0v) is 9.70. The molecule has 0 bridgehead atoms. The lowest BCUT2D eigenvalue weighted by molar-refractivity contribution is -0.671. The summed E-state index contributed by atoms with van der Waals surface area (Å²) in [6.07, 6.45) is 6.01. The fourth-order valence-corrected chi connectivity index (χ4v) is 0.783. The van der Waals surface area contributed by atoms with Crippen LogP contribution in [0.5, 0.6) is 0 Å². The van der Waals surface area contributed by atoms with Gasteiger partial charge in [-0.25, -0.2) is 17.6 Å². The summed E-state index contributed by atoms with van der Waals surface area (Å²) in [6, 6.07) is 0. The molecule has 0 aromatic carbocycles. The molecule has 6 nitrogen and oxygen atoms in total. The second kappa shape index (κ2) is 5.98. The van der Waals surface area contributed by atoms with Crippen LogP contribution in [0.25, 0.3) is 0 Å². The van der Waals surface area contributed by atoms with E-state index in [2.05, 4.69) is 4.57 Å². The van der Waals surface area contributed by atoms with Crippen LogP contribution in [-0.4, -0.2) is 29.6 Å². The summed E-state index contributed by atoms with van der Waals surface area (Å²) in [6.45, 7) is 1.61. The molecule has 1 aromatic heterocycles. The van der Waals surface area contributed by atoms with Gasteiger partial charge >= 0.3 is 5.51 Å². The number of hydrogen-bond acceptors (Lipinski definition) is 4. The Morgan fingerprint density at radius 3 is 2.18 bits per heavy atom. The van der Waals surface area contributed by atoms with Crippen LogP contribution in [0.1, 0.15) is 0 Å². The number of imidazole rings is 1. The molecule has 0 fully saturated rings. The standard InChI is InChI=1S/C6H12N3.CHF3O3S/c1-8-4-5-9(6-8)3-2-7;2-1(3,4)8(5,6)7/h4-6H,2-3,7H2,1H3;(H,5,6,7)/q+1;/p-1. The lowest BCUT2D eigenvalue weighted by Gasteiger charge is -2.08. The van der Waals surface area contributed by atoms with Gasteiger partial charge in [-0.3, -0.25) is 0 Å². The summed E-state index contributed by atoms with van der Waals surface area (Å²) in [5, 5.41) is 0. The summed E-state index contributed by atoms with van der Waals surface area (Å²) in [7, 11) is -4.10. The maximum atomic E-state index is 10.7. The van der Waals surface area contributed by atoms with Crippen molar-refractivity contribution in [3.05, 3.63) is 18.7 Å². The topological polar surface area (TPSA) is 92.0 Å². The molecule has 10 heteroatoms. The van der Waals surface area contributed by atoms with Crippen molar-refractivity contribution >= 4 is 10.1 Å². The van der Waals surface area contributed by atoms with E-state index in [1.54, 1.807) is 0 Å². The molecular formula is C7H12F3N3O3S. The lowest BCUT2D eigenvalue weighted by Crippen LogP contribution is -2.24. The van der Waals surface area contributed by atoms with Crippen LogP contribution in [0.4, 0.5) is 13.2 Å². The Labute approximate surface area is 96.2 Å². The van der Waals surface area contributed by atoms with Gasteiger partial charge in [-0.15, -0.1) is 0 Å². The lowest BCUT2D eigenvalue weighted by atomic mass is 10.6. The Balaban J connectivity index is 0.000000304. The molecule has 0 saturated heterocycles. The van der Waals surface area contributed by atoms with Crippen molar-refractivity contribution in [1.82, 2.24) is 4.57 Å². The minimum absolute atomic E-state index is 0.703. The van der Waals surface area contributed by atoms with Crippen molar-refractivity contribution in [2.45, 2.75) is 12.1 Å². The van der Waals surface area contributed by atoms with Gasteiger partial charge in [0.25, 0.3) is 0 Å². The molecule has 17 heavy (non-hydrogen) atoms. The van der Waals surface area contributed by atoms with Gasteiger partial charge in [0.1, 0.15) is 18.9 Å². The highest BCUT2D eigenvalue weighted by Gasteiger charge is 2.36. The van der Waals surface area contributed by atoms with Crippen LogP contribution in [-0.2, 0) is 23.7 Å². The van der Waals surface area contributed by atoms with Crippen molar-refractivity contribution in [3.8, 4) is 0 Å². The fourth-order valence-electron chi connectivity index (χ4n) is 0.783. The maximum Gasteiger partial charge on any atom is 0.485 e. The van der Waals surface area contributed by atoms with E-state index in [1.165, 1.54) is 0 Å². The van der Waals surface area contributed by atoms with Gasteiger partial charge in [0.05, 0.1) is 7.05 Å². The van der Waals surface area contributed by atoms with E-state index in [9.17, 15) is 13.2 Å². The van der Waals surface area contributed by atoms with E-state index in [-0.39, 0.29) is 0 Å². The van der Waals surface area contributed by atoms with E-state index >= 15 is 0 Å². The smallest absolute Gasteiger partial charge is 0.485 e. The van der Waals surface area contributed by atoms with Crippen LogP contribution in [0.3, 0.4) is 0 Å². The molecule has 1 heterocycles. The number of aryl methyl sites for hydroxylation is 1. The maximum absolute atomic E-state index is 10.7. The van der Waals surface area contributed by atoms with Crippen molar-refractivity contribution in [1.29, 1.82) is 0 Å². The molecular weight excluding hydrogens is 263 g/mol. The van der Waals surface area contributed by atoms with E-state index in [0.717, 1.165) is 6.54 Å². The van der Waals surface area contributed by atoms with Gasteiger partial charge in [-0.1, -0.05) is 0 Å². The van der Waals surface area contributed by atoms with Crippen molar-refractivity contribution < 1.29 is 30.7 Å². The van der Waals surface area contributed by atoms with E-state index < -0.39 is 15.6 Å². The van der Waals surface area contributed by atoms with Crippen molar-refractivity contribution in [2.75, 3.05) is 6.54 Å². The second-order valence-electron chi connectivity index (χ2n) is 3.01. The molecule has 0 spiro atoms. The number of rotatable bonds is 2. The van der Waals surface area contributed by atoms with Crippen LogP contribution in [0.2, 0.25) is 0 Å². The Kier molecular flexibility index (Phi) is 5.58. The first kappa shape index (κ1) is 15.9. The molecule has 0 saturated carbocycles. The summed E-state index contributed by atoms with van der Waals surface area (Å²) in [5.74, 6) is 0. The summed E-state index contributed by atoms with van der Waals surface area (Å²) < 4.78 is 63.0. The summed E-state index contributed by atoms with van der Waals surface area (Å²) in [5.41, 5.74) is -0.306. The van der Waals surface area contributed by atoms with Crippen LogP contribution in [0.15, 0.2) is 18.7 Å². The van der Waals surface area contributed by atoms with Crippen molar-refractivity contribution in [3.63, 3.8) is 0 Å². The number of nitrogens with zero attached hydrogens (tertiary/aromatic N) is 2. The first-order chi connectivity index (χ1) is 7.58. The van der Waals surface area contributed by atoms with Crippen LogP contribution in [0, 0.1) is 0 Å². The van der Waals surface area contributed by atoms with Gasteiger partial charge in [-0.2, -0.15) is 13.2 Å². The molecule has 0 aliphatic carbocycles. The first-order valence-corrected chi connectivity index (χ1v) is 5.72. The third kappa shape index (κ3) is 6.24. The highest BCUT2D eigenvalue weighted by molar-refractivity contribution is 7.86. The van der Waals surface area contributed by atoms with Gasteiger partial charge < -0.3 is 10.3 Å². The number of aromatic nitrogens is 2. The molecule has 100 valence electrons. The zero-order chi connectivity index (χ0) is 13.7. The third-order valence-electron chi connectivity index (χ3n) is 1.49. The molecule has 2 N–H and O–H groups in total. The van der Waals surface area contributed by atoms with E-state index in [0.29, 0.717) is 6.54 Å². The van der Waals surface area contributed by atoms with Crippen LogP contribution < -0.4 is 10.3 Å². The number of halogens is 3. The third-order valence-corrected chi connectivity index (χ3v) is 2.06. The molecule has 0 radical (unpaired) electrons. The monoisotopic (exact) mass is 275 g/mol. The number of nitrogens with two attached hydrogens (primary N) is 1. The Hall–Kier alpha value is -1.13. The normalized spacial score (nSPS) is 11.9. The minimum Gasteiger partial charge on any atom is -0.741 e. The predicted molar refractivity (Wildman–Crippen MR) is 50.4 cm³/mol. The summed E-state index contributed by atoms with van der Waals surface area (Å²) >= 11 is 0.